The van der Waals surface area contributed by atoms with Crippen LogP contribution in [0.2, 0.25) is 0 Å². The predicted molar refractivity (Wildman–Crippen MR) is 171 cm³/mol. The average molecular weight is 920 g/mol. The van der Waals surface area contributed by atoms with Gasteiger partial charge in [0, 0.05) is 53.6 Å². The second-order valence-corrected chi connectivity index (χ2v) is 17.3. The zero-order chi connectivity index (χ0) is 23.6. The molecule has 0 fully saturated rings. The monoisotopic (exact) mass is 920 g/mol. The molecule has 4 aromatic rings. The fraction of sp³-hybridized carbons (Fsp3) is 0.0714. The molecule has 0 aromatic heterocycles. The van der Waals surface area contributed by atoms with Crippen molar-refractivity contribution in [3.63, 3.8) is 0 Å². The minimum absolute atomic E-state index is 0. The molecule has 0 bridgehead atoms. The van der Waals surface area contributed by atoms with Crippen LogP contribution in [0, 0.1) is 0 Å². The number of thioether (sulfide) groups is 2. The molecule has 0 heterocycles. The Morgan fingerprint density at radius 3 is 0.889 bits per heavy atom. The van der Waals surface area contributed by atoms with Crippen molar-refractivity contribution in [2.24, 2.45) is 0 Å². The van der Waals surface area contributed by atoms with Crippen molar-refractivity contribution in [2.45, 2.75) is 0 Å². The Balaban J connectivity index is 0.00000228. The normalized spacial score (nSPS) is 10.4. The van der Waals surface area contributed by atoms with Crippen LogP contribution in [0.25, 0.3) is 0 Å². The maximum atomic E-state index is 6.00. The minimum Gasteiger partial charge on any atom is -0.0752 e. The van der Waals surface area contributed by atoms with Gasteiger partial charge in [0.25, 0.3) is 0 Å². The van der Waals surface area contributed by atoms with E-state index in [1.807, 2.05) is 23.5 Å². The topological polar surface area (TPSA) is 0 Å². The summed E-state index contributed by atoms with van der Waals surface area (Å²) in [5.41, 5.74) is 0. The summed E-state index contributed by atoms with van der Waals surface area (Å²) >= 11 is 15.6. The first-order chi connectivity index (χ1) is 16.7. The average Bonchev–Trinajstić information content (AvgIpc) is 2.89. The van der Waals surface area contributed by atoms with Crippen LogP contribution in [0.5, 0.6) is 0 Å². The van der Waals surface area contributed by atoms with Crippen LogP contribution >= 0.6 is 63.8 Å². The van der Waals surface area contributed by atoms with Crippen molar-refractivity contribution < 1.29 is 42.1 Å². The summed E-state index contributed by atoms with van der Waals surface area (Å²) in [6.45, 7) is 0. The SMILES string of the molecule is S=C(SCCSC(=S)[PH+](c1ccccc1)c1ccccc1)[PH+](c1ccccc1)c1ccccc1.[W].[W]. The van der Waals surface area contributed by atoms with Crippen LogP contribution in [0.15, 0.2) is 121 Å². The molecule has 0 aliphatic carbocycles. The second-order valence-electron chi connectivity index (χ2n) is 7.49. The number of benzene rings is 4. The third-order valence-corrected chi connectivity index (χ3v) is 15.3. The Morgan fingerprint density at radius 2 is 0.667 bits per heavy atom. The smallest absolute Gasteiger partial charge is 0.0752 e. The molecule has 0 aliphatic heterocycles. The maximum Gasteiger partial charge on any atom is 0.197 e. The summed E-state index contributed by atoms with van der Waals surface area (Å²) in [7, 11) is -2.24. The van der Waals surface area contributed by atoms with Gasteiger partial charge in [-0.05, 0) is 73.0 Å². The van der Waals surface area contributed by atoms with Crippen LogP contribution in [-0.4, -0.2) is 19.4 Å². The molecule has 0 radical (unpaired) electrons. The number of hydrogen-bond acceptors (Lipinski definition) is 4. The largest absolute Gasteiger partial charge is 0.197 e. The molecule has 0 nitrogen and oxygen atoms in total. The molecule has 182 valence electrons. The maximum absolute atomic E-state index is 6.00. The van der Waals surface area contributed by atoms with Crippen molar-refractivity contribution in [3.8, 4) is 0 Å². The summed E-state index contributed by atoms with van der Waals surface area (Å²) in [6, 6.07) is 42.9. The molecular weight excluding hydrogens is 894 g/mol. The van der Waals surface area contributed by atoms with Gasteiger partial charge in [-0.15, -0.1) is 0 Å². The molecule has 0 amide bonds. The zero-order valence-corrected chi connectivity index (χ0v) is 30.5. The molecule has 0 spiro atoms. The van der Waals surface area contributed by atoms with Crippen LogP contribution in [-0.2, 0) is 42.1 Å². The van der Waals surface area contributed by atoms with Gasteiger partial charge in [0.05, 0.1) is 0 Å². The van der Waals surface area contributed by atoms with Crippen LogP contribution in [0.3, 0.4) is 0 Å². The van der Waals surface area contributed by atoms with Crippen LogP contribution in [0.1, 0.15) is 0 Å². The Bertz CT molecular complexity index is 1020. The minimum atomic E-state index is -1.12. The summed E-state index contributed by atoms with van der Waals surface area (Å²) in [5, 5.41) is 5.38. The van der Waals surface area contributed by atoms with E-state index in [1.54, 1.807) is 0 Å². The molecule has 0 saturated carbocycles. The van der Waals surface area contributed by atoms with Gasteiger partial charge in [0.1, 0.15) is 37.1 Å². The summed E-state index contributed by atoms with van der Waals surface area (Å²) in [4.78, 5) is 0. The third kappa shape index (κ3) is 9.33. The number of rotatable bonds is 9. The second kappa shape index (κ2) is 17.6. The summed E-state index contributed by atoms with van der Waals surface area (Å²) < 4.78 is 2.23. The van der Waals surface area contributed by atoms with E-state index in [1.165, 1.54) is 21.2 Å². The van der Waals surface area contributed by atoms with Gasteiger partial charge >= 0.3 is 0 Å². The van der Waals surface area contributed by atoms with E-state index in [2.05, 4.69) is 121 Å². The van der Waals surface area contributed by atoms with E-state index in [9.17, 15) is 0 Å². The molecular formula is C28H26P2S4W2+2. The van der Waals surface area contributed by atoms with E-state index in [-0.39, 0.29) is 42.1 Å². The Kier molecular flexibility index (Phi) is 15.7. The van der Waals surface area contributed by atoms with Crippen LogP contribution < -0.4 is 21.2 Å². The molecule has 0 saturated heterocycles. The zero-order valence-electron chi connectivity index (χ0n) is 19.4. The molecule has 0 N–H and O–H groups in total. The van der Waals surface area contributed by atoms with Gasteiger partial charge in [0.15, 0.2) is 7.88 Å². The van der Waals surface area contributed by atoms with E-state index >= 15 is 0 Å². The first-order valence-electron chi connectivity index (χ1n) is 11.0. The van der Waals surface area contributed by atoms with Crippen molar-refractivity contribution in [3.05, 3.63) is 121 Å². The Labute approximate surface area is 265 Å². The molecule has 4 rings (SSSR count). The van der Waals surface area contributed by atoms with Gasteiger partial charge in [-0.2, -0.15) is 0 Å². The molecule has 0 unspecified atom stereocenters. The van der Waals surface area contributed by atoms with E-state index < -0.39 is 15.8 Å². The third-order valence-electron chi connectivity index (χ3n) is 5.21. The first-order valence-corrected chi connectivity index (χ1v) is 16.8. The number of thiocarbonyl (C=S) groups is 2. The van der Waals surface area contributed by atoms with Gasteiger partial charge < -0.3 is 0 Å². The Hall–Kier alpha value is -0.00338. The van der Waals surface area contributed by atoms with Gasteiger partial charge in [0.2, 0.25) is 0 Å². The van der Waals surface area contributed by atoms with Crippen molar-refractivity contribution >= 4 is 92.9 Å². The molecule has 36 heavy (non-hydrogen) atoms. The quantitative estimate of drug-likeness (QED) is 0.104. The summed E-state index contributed by atoms with van der Waals surface area (Å²) in [5.74, 6) is 1.94. The van der Waals surface area contributed by atoms with Gasteiger partial charge in [-0.25, -0.2) is 0 Å². The Morgan fingerprint density at radius 1 is 0.444 bits per heavy atom. The first kappa shape index (κ1) is 32.2. The predicted octanol–water partition coefficient (Wildman–Crippen LogP) is 6.75. The molecule has 4 aromatic carbocycles. The molecule has 0 atom stereocenters. The standard InChI is InChI=1S/C28H24P2S4.2W/c31-27(29(23-13-5-1-6-14-23)24-15-7-2-8-16-24)33-21-22-34-28(32)30(25-17-9-3-10-18-25)26-19-11-4-12-20-26;;/h1-20H,21-22H2;;/p+2. The number of hydrogen-bond donors (Lipinski definition) is 0. The van der Waals surface area contributed by atoms with Crippen molar-refractivity contribution in [2.75, 3.05) is 11.5 Å². The molecule has 8 heteroatoms. The van der Waals surface area contributed by atoms with E-state index in [0.29, 0.717) is 0 Å². The molecule has 0 aliphatic rings. The van der Waals surface area contributed by atoms with Gasteiger partial charge in [-0.1, -0.05) is 96.3 Å². The van der Waals surface area contributed by atoms with E-state index in [0.717, 1.165) is 19.4 Å². The van der Waals surface area contributed by atoms with Crippen molar-refractivity contribution in [1.29, 1.82) is 0 Å². The van der Waals surface area contributed by atoms with Crippen LogP contribution in [0.4, 0.5) is 0 Å². The van der Waals surface area contributed by atoms with Gasteiger partial charge in [-0.3, -0.25) is 0 Å². The summed E-state index contributed by atoms with van der Waals surface area (Å²) in [6.07, 6.45) is 0. The van der Waals surface area contributed by atoms with E-state index in [4.69, 9.17) is 24.4 Å². The fourth-order valence-corrected chi connectivity index (χ4v) is 13.5. The van der Waals surface area contributed by atoms with Crippen molar-refractivity contribution in [1.82, 2.24) is 0 Å². The fourth-order valence-electron chi connectivity index (χ4n) is 3.64.